The van der Waals surface area contributed by atoms with Crippen molar-refractivity contribution in [1.82, 2.24) is 5.32 Å². The summed E-state index contributed by atoms with van der Waals surface area (Å²) in [6, 6.07) is 7.06. The van der Waals surface area contributed by atoms with Crippen LogP contribution in [-0.4, -0.2) is 32.3 Å². The first-order chi connectivity index (χ1) is 9.51. The molecular weight excluding hydrogens is 272 g/mol. The summed E-state index contributed by atoms with van der Waals surface area (Å²) in [5.41, 5.74) is 1.19. The third kappa shape index (κ3) is 3.58. The fraction of sp³-hybridized carbons (Fsp3) is 0.625. The molecule has 20 heavy (non-hydrogen) atoms. The molecule has 1 saturated heterocycles. The lowest BCUT2D eigenvalue weighted by atomic mass is 9.99. The number of rotatable bonds is 4. The SMILES string of the molecule is COc1cc(N2CC(CC(C)C)NCC2C)ccc1Cl. The monoisotopic (exact) mass is 296 g/mol. The molecule has 2 atom stereocenters. The first kappa shape index (κ1) is 15.5. The van der Waals surface area contributed by atoms with Crippen molar-refractivity contribution < 1.29 is 4.74 Å². The summed E-state index contributed by atoms with van der Waals surface area (Å²) in [5, 5.41) is 4.31. The largest absolute Gasteiger partial charge is 0.495 e. The Kier molecular flexibility index (Phi) is 5.17. The van der Waals surface area contributed by atoms with Crippen LogP contribution in [0.4, 0.5) is 5.69 Å². The molecule has 3 nitrogen and oxygen atoms in total. The van der Waals surface area contributed by atoms with Gasteiger partial charge >= 0.3 is 0 Å². The van der Waals surface area contributed by atoms with Gasteiger partial charge in [-0.1, -0.05) is 25.4 Å². The molecule has 1 aromatic carbocycles. The first-order valence-corrected chi connectivity index (χ1v) is 7.72. The Hall–Kier alpha value is -0.930. The van der Waals surface area contributed by atoms with E-state index in [1.807, 2.05) is 12.1 Å². The zero-order valence-electron chi connectivity index (χ0n) is 12.8. The van der Waals surface area contributed by atoms with Crippen LogP contribution in [-0.2, 0) is 0 Å². The maximum atomic E-state index is 6.11. The molecule has 1 aliphatic heterocycles. The van der Waals surface area contributed by atoms with Crippen molar-refractivity contribution >= 4 is 17.3 Å². The van der Waals surface area contributed by atoms with E-state index >= 15 is 0 Å². The maximum absolute atomic E-state index is 6.11. The Balaban J connectivity index is 2.16. The predicted molar refractivity (Wildman–Crippen MR) is 86.1 cm³/mol. The molecule has 1 fully saturated rings. The number of halogens is 1. The van der Waals surface area contributed by atoms with Crippen LogP contribution < -0.4 is 15.0 Å². The second-order valence-corrected chi connectivity index (χ2v) is 6.46. The minimum absolute atomic E-state index is 0.476. The van der Waals surface area contributed by atoms with Crippen LogP contribution >= 0.6 is 11.6 Å². The van der Waals surface area contributed by atoms with Crippen molar-refractivity contribution in [2.75, 3.05) is 25.1 Å². The van der Waals surface area contributed by atoms with Crippen molar-refractivity contribution in [3.05, 3.63) is 23.2 Å². The van der Waals surface area contributed by atoms with Crippen molar-refractivity contribution in [3.63, 3.8) is 0 Å². The fourth-order valence-corrected chi connectivity index (χ4v) is 3.04. The molecule has 2 unspecified atom stereocenters. The molecule has 0 aliphatic carbocycles. The topological polar surface area (TPSA) is 24.5 Å². The summed E-state index contributed by atoms with van der Waals surface area (Å²) in [7, 11) is 1.66. The Bertz CT molecular complexity index is 450. The van der Waals surface area contributed by atoms with Gasteiger partial charge in [0.15, 0.2) is 0 Å². The number of hydrogen-bond acceptors (Lipinski definition) is 3. The minimum Gasteiger partial charge on any atom is -0.495 e. The molecule has 112 valence electrons. The van der Waals surface area contributed by atoms with Gasteiger partial charge in [-0.2, -0.15) is 0 Å². The zero-order chi connectivity index (χ0) is 14.7. The van der Waals surface area contributed by atoms with Crippen molar-refractivity contribution in [1.29, 1.82) is 0 Å². The highest BCUT2D eigenvalue weighted by Gasteiger charge is 2.26. The molecule has 1 aromatic rings. The highest BCUT2D eigenvalue weighted by Crippen LogP contribution is 2.31. The van der Waals surface area contributed by atoms with Gasteiger partial charge in [0.25, 0.3) is 0 Å². The van der Waals surface area contributed by atoms with E-state index in [9.17, 15) is 0 Å². The number of ether oxygens (including phenoxy) is 1. The van der Waals surface area contributed by atoms with Gasteiger partial charge in [-0.3, -0.25) is 0 Å². The highest BCUT2D eigenvalue weighted by molar-refractivity contribution is 6.32. The van der Waals surface area contributed by atoms with Crippen molar-refractivity contribution in [2.45, 2.75) is 39.3 Å². The molecule has 0 bridgehead atoms. The summed E-state index contributed by atoms with van der Waals surface area (Å²) in [6.45, 7) is 8.84. The quantitative estimate of drug-likeness (QED) is 0.919. The van der Waals surface area contributed by atoms with Crippen LogP contribution in [0, 0.1) is 5.92 Å². The van der Waals surface area contributed by atoms with Crippen LogP contribution in [0.2, 0.25) is 5.02 Å². The van der Waals surface area contributed by atoms with Gasteiger partial charge < -0.3 is 15.0 Å². The lowest BCUT2D eigenvalue weighted by molar-refractivity contribution is 0.355. The van der Waals surface area contributed by atoms with E-state index in [1.54, 1.807) is 7.11 Å². The average molecular weight is 297 g/mol. The molecule has 4 heteroatoms. The summed E-state index contributed by atoms with van der Waals surface area (Å²) < 4.78 is 5.33. The molecule has 2 rings (SSSR count). The van der Waals surface area contributed by atoms with E-state index in [-0.39, 0.29) is 0 Å². The maximum Gasteiger partial charge on any atom is 0.139 e. The van der Waals surface area contributed by atoms with Crippen LogP contribution in [0.25, 0.3) is 0 Å². The highest BCUT2D eigenvalue weighted by atomic mass is 35.5. The van der Waals surface area contributed by atoms with Crippen molar-refractivity contribution in [3.8, 4) is 5.75 Å². The number of methoxy groups -OCH3 is 1. The third-order valence-corrected chi connectivity index (χ3v) is 4.19. The van der Waals surface area contributed by atoms with E-state index in [4.69, 9.17) is 16.3 Å². The molecular formula is C16H25ClN2O. The van der Waals surface area contributed by atoms with Gasteiger partial charge in [-0.05, 0) is 31.4 Å². The Labute approximate surface area is 127 Å². The summed E-state index contributed by atoms with van der Waals surface area (Å²) in [5.74, 6) is 1.46. The molecule has 0 radical (unpaired) electrons. The molecule has 1 N–H and O–H groups in total. The summed E-state index contributed by atoms with van der Waals surface area (Å²) in [4.78, 5) is 2.45. The van der Waals surface area contributed by atoms with Gasteiger partial charge in [0.05, 0.1) is 12.1 Å². The van der Waals surface area contributed by atoms with Gasteiger partial charge in [0, 0.05) is 36.9 Å². The van der Waals surface area contributed by atoms with Gasteiger partial charge in [-0.15, -0.1) is 0 Å². The lowest BCUT2D eigenvalue weighted by Crippen LogP contribution is -2.55. The third-order valence-electron chi connectivity index (χ3n) is 3.87. The van der Waals surface area contributed by atoms with Crippen LogP contribution in [0.5, 0.6) is 5.75 Å². The molecule has 0 spiro atoms. The second kappa shape index (κ2) is 6.68. The molecule has 1 heterocycles. The van der Waals surface area contributed by atoms with E-state index in [2.05, 4.69) is 37.1 Å². The zero-order valence-corrected chi connectivity index (χ0v) is 13.6. The number of anilines is 1. The summed E-state index contributed by atoms with van der Waals surface area (Å²) in [6.07, 6.45) is 1.20. The number of hydrogen-bond donors (Lipinski definition) is 1. The second-order valence-electron chi connectivity index (χ2n) is 6.05. The first-order valence-electron chi connectivity index (χ1n) is 7.34. The molecule has 0 saturated carbocycles. The van der Waals surface area contributed by atoms with Crippen molar-refractivity contribution in [2.24, 2.45) is 5.92 Å². The van der Waals surface area contributed by atoms with Gasteiger partial charge in [0.1, 0.15) is 5.75 Å². The van der Waals surface area contributed by atoms with Crippen LogP contribution in [0.1, 0.15) is 27.2 Å². The number of nitrogens with one attached hydrogen (secondary N) is 1. The van der Waals surface area contributed by atoms with Crippen LogP contribution in [0.15, 0.2) is 18.2 Å². The smallest absolute Gasteiger partial charge is 0.139 e. The number of nitrogens with zero attached hydrogens (tertiary/aromatic N) is 1. The van der Waals surface area contributed by atoms with Crippen LogP contribution in [0.3, 0.4) is 0 Å². The standard InChI is InChI=1S/C16H25ClN2O/c1-11(2)7-13-10-19(12(3)9-18-13)14-5-6-15(17)16(8-14)20-4/h5-6,8,11-13,18H,7,9-10H2,1-4H3. The molecule has 1 aliphatic rings. The molecule has 0 aromatic heterocycles. The minimum atomic E-state index is 0.476. The van der Waals surface area contributed by atoms with E-state index < -0.39 is 0 Å². The van der Waals surface area contributed by atoms with Gasteiger partial charge in [-0.25, -0.2) is 0 Å². The van der Waals surface area contributed by atoms with E-state index in [0.717, 1.165) is 18.8 Å². The lowest BCUT2D eigenvalue weighted by Gasteiger charge is -2.41. The fourth-order valence-electron chi connectivity index (χ4n) is 2.84. The normalized spacial score (nSPS) is 23.2. The predicted octanol–water partition coefficient (Wildman–Crippen LogP) is 3.56. The number of benzene rings is 1. The Morgan fingerprint density at radius 3 is 2.85 bits per heavy atom. The van der Waals surface area contributed by atoms with E-state index in [1.165, 1.54) is 12.1 Å². The molecule has 0 amide bonds. The van der Waals surface area contributed by atoms with Gasteiger partial charge in [0.2, 0.25) is 0 Å². The average Bonchev–Trinajstić information content (AvgIpc) is 2.41. The van der Waals surface area contributed by atoms with E-state index in [0.29, 0.717) is 23.0 Å². The number of piperazine rings is 1. The Morgan fingerprint density at radius 1 is 1.45 bits per heavy atom. The summed E-state index contributed by atoms with van der Waals surface area (Å²) >= 11 is 6.11. The Morgan fingerprint density at radius 2 is 2.20 bits per heavy atom.